The fourth-order valence-electron chi connectivity index (χ4n) is 2.12. The van der Waals surface area contributed by atoms with Crippen molar-refractivity contribution in [3.63, 3.8) is 0 Å². The molecule has 0 amide bonds. The minimum atomic E-state index is -0.371. The van der Waals surface area contributed by atoms with Crippen LogP contribution in [0, 0.1) is 20.8 Å². The van der Waals surface area contributed by atoms with Gasteiger partial charge < -0.3 is 9.64 Å². The second-order valence-corrected chi connectivity index (χ2v) is 6.01. The van der Waals surface area contributed by atoms with Crippen molar-refractivity contribution in [3.8, 4) is 0 Å². The summed E-state index contributed by atoms with van der Waals surface area (Å²) < 4.78 is 5.36. The second kappa shape index (κ2) is 8.37. The summed E-state index contributed by atoms with van der Waals surface area (Å²) in [6.45, 7) is 8.71. The predicted molar refractivity (Wildman–Crippen MR) is 98.3 cm³/mol. The van der Waals surface area contributed by atoms with Crippen LogP contribution in [-0.4, -0.2) is 41.0 Å². The van der Waals surface area contributed by atoms with E-state index in [0.717, 1.165) is 29.1 Å². The Morgan fingerprint density at radius 2 is 1.96 bits per heavy atom. The van der Waals surface area contributed by atoms with Gasteiger partial charge in [-0.1, -0.05) is 0 Å². The van der Waals surface area contributed by atoms with Gasteiger partial charge >= 0.3 is 5.97 Å². The normalized spacial score (nSPS) is 10.9. The quantitative estimate of drug-likeness (QED) is 0.458. The summed E-state index contributed by atoms with van der Waals surface area (Å²) in [7, 11) is 1.96. The van der Waals surface area contributed by atoms with E-state index in [9.17, 15) is 4.79 Å². The molecule has 2 rings (SSSR count). The lowest BCUT2D eigenvalue weighted by atomic mass is 10.0. The van der Waals surface area contributed by atoms with Crippen molar-refractivity contribution < 1.29 is 9.53 Å². The number of aromatic nitrogens is 2. The third kappa shape index (κ3) is 5.11. The Kier molecular flexibility index (Phi) is 6.22. The van der Waals surface area contributed by atoms with Crippen molar-refractivity contribution in [2.75, 3.05) is 13.6 Å². The molecular formula is C19H24N4O2. The molecule has 0 aliphatic heterocycles. The molecule has 0 radical (unpaired) electrons. The van der Waals surface area contributed by atoms with Gasteiger partial charge in [0, 0.05) is 13.6 Å². The summed E-state index contributed by atoms with van der Waals surface area (Å²) in [6.07, 6.45) is 1.79. The largest absolute Gasteiger partial charge is 0.455 e. The maximum Gasteiger partial charge on any atom is 0.338 e. The van der Waals surface area contributed by atoms with E-state index in [1.165, 1.54) is 0 Å². The molecular weight excluding hydrogens is 316 g/mol. The first-order chi connectivity index (χ1) is 11.9. The van der Waals surface area contributed by atoms with Gasteiger partial charge in [-0.25, -0.2) is 9.79 Å². The predicted octanol–water partition coefficient (Wildman–Crippen LogP) is 3.37. The summed E-state index contributed by atoms with van der Waals surface area (Å²) in [5.41, 5.74) is 4.59. The number of ether oxygens (including phenoxy) is 1. The molecule has 25 heavy (non-hydrogen) atoms. The van der Waals surface area contributed by atoms with Gasteiger partial charge in [-0.15, -0.1) is 0 Å². The fourth-order valence-corrected chi connectivity index (χ4v) is 2.12. The van der Waals surface area contributed by atoms with Gasteiger partial charge in [-0.3, -0.25) is 0 Å². The number of hydrogen-bond acceptors (Lipinski definition) is 5. The molecule has 0 aliphatic carbocycles. The van der Waals surface area contributed by atoms with E-state index in [1.54, 1.807) is 12.4 Å². The van der Waals surface area contributed by atoms with Gasteiger partial charge in [0.05, 0.1) is 23.3 Å². The van der Waals surface area contributed by atoms with Crippen LogP contribution in [0.5, 0.6) is 0 Å². The minimum Gasteiger partial charge on any atom is -0.455 e. The Morgan fingerprint density at radius 1 is 1.20 bits per heavy atom. The van der Waals surface area contributed by atoms with Crippen molar-refractivity contribution in [2.24, 2.45) is 4.99 Å². The van der Waals surface area contributed by atoms with E-state index in [2.05, 4.69) is 22.1 Å². The molecule has 0 bridgehead atoms. The summed E-state index contributed by atoms with van der Waals surface area (Å²) >= 11 is 0. The Morgan fingerprint density at radius 3 is 2.60 bits per heavy atom. The average Bonchev–Trinajstić information content (AvgIpc) is 2.61. The Hall–Kier alpha value is -2.76. The highest BCUT2D eigenvalue weighted by Gasteiger charge is 2.13. The van der Waals surface area contributed by atoms with Crippen LogP contribution < -0.4 is 0 Å². The number of aliphatic imine (C=N–C) groups is 1. The first kappa shape index (κ1) is 18.6. The summed E-state index contributed by atoms with van der Waals surface area (Å²) in [4.78, 5) is 18.8. The minimum absolute atomic E-state index is 0.103. The number of esters is 1. The lowest BCUT2D eigenvalue weighted by molar-refractivity contribution is 0.0466. The number of rotatable bonds is 6. The van der Waals surface area contributed by atoms with Crippen LogP contribution in [0.15, 0.2) is 29.3 Å². The van der Waals surface area contributed by atoms with Gasteiger partial charge in [0.15, 0.2) is 0 Å². The number of benzene rings is 1. The van der Waals surface area contributed by atoms with Crippen molar-refractivity contribution in [2.45, 2.75) is 34.3 Å². The molecule has 0 spiro atoms. The molecule has 6 nitrogen and oxygen atoms in total. The summed E-state index contributed by atoms with van der Waals surface area (Å²) in [6, 6.07) is 7.36. The van der Waals surface area contributed by atoms with Crippen molar-refractivity contribution >= 4 is 18.0 Å². The van der Waals surface area contributed by atoms with Crippen molar-refractivity contribution in [1.29, 1.82) is 0 Å². The van der Waals surface area contributed by atoms with Gasteiger partial charge in [0.25, 0.3) is 0 Å². The van der Waals surface area contributed by atoms with E-state index >= 15 is 0 Å². The van der Waals surface area contributed by atoms with Crippen LogP contribution in [0.25, 0.3) is 0 Å². The number of aryl methyl sites for hydroxylation is 3. The topological polar surface area (TPSA) is 67.7 Å². The van der Waals surface area contributed by atoms with Gasteiger partial charge in [0.2, 0.25) is 0 Å². The van der Waals surface area contributed by atoms with Crippen LogP contribution in [0.2, 0.25) is 0 Å². The summed E-state index contributed by atoms with van der Waals surface area (Å²) in [5, 5.41) is 7.95. The van der Waals surface area contributed by atoms with Crippen LogP contribution >= 0.6 is 0 Å². The Labute approximate surface area is 148 Å². The highest BCUT2D eigenvalue weighted by Crippen LogP contribution is 2.24. The molecule has 0 atom stereocenters. The molecule has 0 saturated heterocycles. The Balaban J connectivity index is 2.10. The fraction of sp³-hybridized carbons (Fsp3) is 0.368. The number of nitrogens with zero attached hydrogens (tertiary/aromatic N) is 4. The highest BCUT2D eigenvalue weighted by atomic mass is 16.5. The maximum atomic E-state index is 12.4. The molecule has 6 heteroatoms. The van der Waals surface area contributed by atoms with E-state index in [-0.39, 0.29) is 12.6 Å². The summed E-state index contributed by atoms with van der Waals surface area (Å²) in [5.74, 6) is -0.371. The first-order valence-corrected chi connectivity index (χ1v) is 8.22. The number of hydrogen-bond donors (Lipinski definition) is 0. The SMILES string of the molecule is CCN(C)C=Nc1cc(C)c(C(=O)OCc2ccc(C)nn2)cc1C. The van der Waals surface area contributed by atoms with Gasteiger partial charge in [0.1, 0.15) is 12.3 Å². The first-order valence-electron chi connectivity index (χ1n) is 8.22. The van der Waals surface area contributed by atoms with Crippen molar-refractivity contribution in [3.05, 3.63) is 52.3 Å². The molecule has 2 aromatic rings. The molecule has 1 aromatic heterocycles. The lowest BCUT2D eigenvalue weighted by Gasteiger charge is -2.11. The zero-order valence-electron chi connectivity index (χ0n) is 15.4. The smallest absolute Gasteiger partial charge is 0.338 e. The monoisotopic (exact) mass is 340 g/mol. The molecule has 0 aliphatic rings. The zero-order chi connectivity index (χ0) is 18.4. The van der Waals surface area contributed by atoms with E-state index in [1.807, 2.05) is 50.9 Å². The standard InChI is InChI=1S/C19H24N4O2/c1-6-23(5)12-20-18-10-13(2)17(9-14(18)3)19(24)25-11-16-8-7-15(4)21-22-16/h7-10,12H,6,11H2,1-5H3. The average molecular weight is 340 g/mol. The van der Waals surface area contributed by atoms with Crippen LogP contribution in [0.4, 0.5) is 5.69 Å². The Bertz CT molecular complexity index is 770. The second-order valence-electron chi connectivity index (χ2n) is 6.01. The third-order valence-electron chi connectivity index (χ3n) is 3.86. The highest BCUT2D eigenvalue weighted by molar-refractivity contribution is 5.92. The number of carbonyl (C=O) groups excluding carboxylic acids is 1. The molecule has 1 heterocycles. The van der Waals surface area contributed by atoms with Crippen LogP contribution in [-0.2, 0) is 11.3 Å². The number of carbonyl (C=O) groups is 1. The van der Waals surface area contributed by atoms with Crippen molar-refractivity contribution in [1.82, 2.24) is 15.1 Å². The van der Waals surface area contributed by atoms with Gasteiger partial charge in [-0.2, -0.15) is 10.2 Å². The molecule has 132 valence electrons. The molecule has 0 fully saturated rings. The van der Waals surface area contributed by atoms with E-state index in [0.29, 0.717) is 11.3 Å². The lowest BCUT2D eigenvalue weighted by Crippen LogP contribution is -2.14. The van der Waals surface area contributed by atoms with Crippen LogP contribution in [0.1, 0.15) is 39.8 Å². The zero-order valence-corrected chi connectivity index (χ0v) is 15.4. The van der Waals surface area contributed by atoms with Gasteiger partial charge in [-0.05, 0) is 63.1 Å². The van der Waals surface area contributed by atoms with E-state index in [4.69, 9.17) is 4.74 Å². The molecule has 1 aromatic carbocycles. The van der Waals surface area contributed by atoms with Crippen LogP contribution in [0.3, 0.4) is 0 Å². The molecule has 0 saturated carbocycles. The molecule has 0 unspecified atom stereocenters. The maximum absolute atomic E-state index is 12.4. The molecule has 0 N–H and O–H groups in total. The third-order valence-corrected chi connectivity index (χ3v) is 3.86. The van der Waals surface area contributed by atoms with E-state index < -0.39 is 0 Å².